The molecule has 1 aromatic carbocycles. The van der Waals surface area contributed by atoms with Crippen molar-refractivity contribution in [3.05, 3.63) is 30.1 Å². The van der Waals surface area contributed by atoms with Crippen LogP contribution < -0.4 is 4.74 Å². The summed E-state index contributed by atoms with van der Waals surface area (Å²) in [5.41, 5.74) is 0. The third-order valence-corrected chi connectivity index (χ3v) is 2.92. The zero-order valence-electron chi connectivity index (χ0n) is 8.80. The maximum Gasteiger partial charge on any atom is 0.165 e. The van der Waals surface area contributed by atoms with Gasteiger partial charge in [-0.3, -0.25) is 0 Å². The number of hydrogen-bond acceptors (Lipinski definition) is 4. The average molecular weight is 246 g/mol. The van der Waals surface area contributed by atoms with Crippen molar-refractivity contribution in [2.24, 2.45) is 0 Å². The third-order valence-electron chi connectivity index (χ3n) is 1.84. The van der Waals surface area contributed by atoms with Crippen molar-refractivity contribution in [1.82, 2.24) is 0 Å². The standard InChI is InChI=1S/C11H15FO3S/c12-10-3-1-2-4-11(10)15-5-6-16-8-9(14)7-13/h1-4,9,13-14H,5-8H2. The Kier molecular flexibility index (Phi) is 6.22. The van der Waals surface area contributed by atoms with Gasteiger partial charge >= 0.3 is 0 Å². The molecule has 0 aliphatic rings. The molecule has 0 bridgehead atoms. The highest BCUT2D eigenvalue weighted by Crippen LogP contribution is 2.15. The maximum atomic E-state index is 13.1. The molecular weight excluding hydrogens is 231 g/mol. The molecule has 0 saturated carbocycles. The number of ether oxygens (including phenoxy) is 1. The average Bonchev–Trinajstić information content (AvgIpc) is 2.30. The second kappa shape index (κ2) is 7.49. The molecule has 0 aliphatic heterocycles. The van der Waals surface area contributed by atoms with E-state index >= 15 is 0 Å². The zero-order valence-corrected chi connectivity index (χ0v) is 9.62. The quantitative estimate of drug-likeness (QED) is 0.712. The highest BCUT2D eigenvalue weighted by molar-refractivity contribution is 7.99. The lowest BCUT2D eigenvalue weighted by Gasteiger charge is -2.08. The maximum absolute atomic E-state index is 13.1. The van der Waals surface area contributed by atoms with Crippen LogP contribution in [0.5, 0.6) is 5.75 Å². The van der Waals surface area contributed by atoms with Crippen LogP contribution in [-0.2, 0) is 0 Å². The van der Waals surface area contributed by atoms with Gasteiger partial charge in [-0.2, -0.15) is 11.8 Å². The molecule has 1 unspecified atom stereocenters. The van der Waals surface area contributed by atoms with Gasteiger partial charge in [-0.15, -0.1) is 0 Å². The molecule has 0 radical (unpaired) electrons. The van der Waals surface area contributed by atoms with Crippen LogP contribution in [0.4, 0.5) is 4.39 Å². The third kappa shape index (κ3) is 4.83. The highest BCUT2D eigenvalue weighted by Gasteiger charge is 2.03. The molecule has 3 nitrogen and oxygen atoms in total. The Morgan fingerprint density at radius 1 is 1.38 bits per heavy atom. The molecule has 2 N–H and O–H groups in total. The molecule has 1 aromatic rings. The molecule has 0 saturated heterocycles. The molecule has 0 aromatic heterocycles. The van der Waals surface area contributed by atoms with Gasteiger partial charge in [-0.1, -0.05) is 12.1 Å². The molecule has 0 spiro atoms. The molecule has 16 heavy (non-hydrogen) atoms. The fourth-order valence-corrected chi connectivity index (χ4v) is 1.79. The summed E-state index contributed by atoms with van der Waals surface area (Å²) in [6.45, 7) is 0.144. The van der Waals surface area contributed by atoms with E-state index in [1.54, 1.807) is 18.2 Å². The Labute approximate surface area is 98.2 Å². The van der Waals surface area contributed by atoms with E-state index in [4.69, 9.17) is 14.9 Å². The lowest BCUT2D eigenvalue weighted by atomic mass is 10.3. The first-order valence-electron chi connectivity index (χ1n) is 4.98. The molecular formula is C11H15FO3S. The van der Waals surface area contributed by atoms with Crippen LogP contribution in [0.1, 0.15) is 0 Å². The predicted molar refractivity (Wildman–Crippen MR) is 62.3 cm³/mol. The molecule has 1 rings (SSSR count). The summed E-state index contributed by atoms with van der Waals surface area (Å²) in [4.78, 5) is 0. The van der Waals surface area contributed by atoms with E-state index in [0.29, 0.717) is 18.1 Å². The van der Waals surface area contributed by atoms with Crippen LogP contribution >= 0.6 is 11.8 Å². The number of hydrogen-bond donors (Lipinski definition) is 2. The lowest BCUT2D eigenvalue weighted by Crippen LogP contribution is -2.15. The minimum atomic E-state index is -0.696. The predicted octanol–water partition coefficient (Wildman–Crippen LogP) is 1.29. The summed E-state index contributed by atoms with van der Waals surface area (Å²) in [5.74, 6) is 0.969. The van der Waals surface area contributed by atoms with Crippen molar-refractivity contribution in [2.45, 2.75) is 6.10 Å². The number of benzene rings is 1. The van der Waals surface area contributed by atoms with Gasteiger partial charge in [0.1, 0.15) is 0 Å². The monoisotopic (exact) mass is 246 g/mol. The SMILES string of the molecule is OCC(O)CSCCOc1ccccc1F. The smallest absolute Gasteiger partial charge is 0.165 e. The van der Waals surface area contributed by atoms with E-state index in [2.05, 4.69) is 0 Å². The lowest BCUT2D eigenvalue weighted by molar-refractivity contribution is 0.113. The summed E-state index contributed by atoms with van der Waals surface area (Å²) in [6.07, 6.45) is -0.696. The number of halogens is 1. The van der Waals surface area contributed by atoms with E-state index in [-0.39, 0.29) is 18.2 Å². The highest BCUT2D eigenvalue weighted by atomic mass is 32.2. The summed E-state index contributed by atoms with van der Waals surface area (Å²) in [5, 5.41) is 17.6. The van der Waals surface area contributed by atoms with Crippen molar-refractivity contribution in [3.63, 3.8) is 0 Å². The minimum Gasteiger partial charge on any atom is -0.490 e. The van der Waals surface area contributed by atoms with E-state index in [0.717, 1.165) is 0 Å². The van der Waals surface area contributed by atoms with E-state index in [9.17, 15) is 4.39 Å². The van der Waals surface area contributed by atoms with Crippen LogP contribution in [-0.4, -0.2) is 41.0 Å². The van der Waals surface area contributed by atoms with Crippen molar-refractivity contribution in [1.29, 1.82) is 0 Å². The largest absolute Gasteiger partial charge is 0.490 e. The van der Waals surface area contributed by atoms with Gasteiger partial charge in [0.15, 0.2) is 11.6 Å². The topological polar surface area (TPSA) is 49.7 Å². The second-order valence-corrected chi connectivity index (χ2v) is 4.34. The molecule has 0 fully saturated rings. The van der Waals surface area contributed by atoms with Gasteiger partial charge < -0.3 is 14.9 Å². The molecule has 1 atom stereocenters. The van der Waals surface area contributed by atoms with Crippen molar-refractivity contribution >= 4 is 11.8 Å². The zero-order chi connectivity index (χ0) is 11.8. The Hall–Kier alpha value is -0.780. The Morgan fingerprint density at radius 3 is 2.81 bits per heavy atom. The van der Waals surface area contributed by atoms with Gasteiger partial charge in [0.2, 0.25) is 0 Å². The molecule has 90 valence electrons. The number of aliphatic hydroxyl groups is 2. The number of aliphatic hydroxyl groups excluding tert-OH is 2. The Balaban J connectivity index is 2.14. The van der Waals surface area contributed by atoms with Gasteiger partial charge in [0.05, 0.1) is 19.3 Å². The Morgan fingerprint density at radius 2 is 2.12 bits per heavy atom. The van der Waals surface area contributed by atoms with Gasteiger partial charge in [-0.25, -0.2) is 4.39 Å². The summed E-state index contributed by atoms with van der Waals surface area (Å²) >= 11 is 1.45. The van der Waals surface area contributed by atoms with E-state index in [1.165, 1.54) is 17.8 Å². The van der Waals surface area contributed by atoms with Crippen LogP contribution in [0.15, 0.2) is 24.3 Å². The van der Waals surface area contributed by atoms with Gasteiger partial charge in [-0.05, 0) is 12.1 Å². The van der Waals surface area contributed by atoms with Crippen molar-refractivity contribution in [2.75, 3.05) is 24.7 Å². The van der Waals surface area contributed by atoms with Crippen molar-refractivity contribution in [3.8, 4) is 5.75 Å². The van der Waals surface area contributed by atoms with E-state index in [1.807, 2.05) is 0 Å². The first-order valence-corrected chi connectivity index (χ1v) is 6.13. The van der Waals surface area contributed by atoms with Crippen molar-refractivity contribution < 1.29 is 19.3 Å². The normalized spacial score (nSPS) is 12.4. The number of para-hydroxylation sites is 1. The fraction of sp³-hybridized carbons (Fsp3) is 0.455. The summed E-state index contributed by atoms with van der Waals surface area (Å²) in [7, 11) is 0. The van der Waals surface area contributed by atoms with Gasteiger partial charge in [0, 0.05) is 11.5 Å². The van der Waals surface area contributed by atoms with Crippen LogP contribution in [0, 0.1) is 5.82 Å². The Bertz CT molecular complexity index is 309. The van der Waals surface area contributed by atoms with E-state index < -0.39 is 6.10 Å². The molecule has 0 amide bonds. The summed E-state index contributed by atoms with van der Waals surface area (Å²) in [6, 6.07) is 6.23. The number of thioether (sulfide) groups is 1. The van der Waals surface area contributed by atoms with Crippen LogP contribution in [0.3, 0.4) is 0 Å². The van der Waals surface area contributed by atoms with Gasteiger partial charge in [0.25, 0.3) is 0 Å². The first kappa shape index (κ1) is 13.3. The van der Waals surface area contributed by atoms with Crippen LogP contribution in [0.2, 0.25) is 0 Å². The minimum absolute atomic E-state index is 0.235. The number of rotatable bonds is 7. The fourth-order valence-electron chi connectivity index (χ4n) is 1.04. The molecule has 0 heterocycles. The van der Waals surface area contributed by atoms with Crippen LogP contribution in [0.25, 0.3) is 0 Å². The summed E-state index contributed by atoms with van der Waals surface area (Å²) < 4.78 is 18.3. The second-order valence-electron chi connectivity index (χ2n) is 3.19. The molecule has 5 heteroatoms. The first-order chi connectivity index (χ1) is 7.74. The molecule has 0 aliphatic carbocycles.